The maximum Gasteiger partial charge on any atom is 0.350 e. The summed E-state index contributed by atoms with van der Waals surface area (Å²) in [6.07, 6.45) is 3.59. The molecule has 0 bridgehead atoms. The largest absolute Gasteiger partial charge is 0.381 e. The van der Waals surface area contributed by atoms with Crippen molar-refractivity contribution >= 4 is 8.12 Å². The second-order valence-corrected chi connectivity index (χ2v) is 1.97. The van der Waals surface area contributed by atoms with Gasteiger partial charge in [0.05, 0.1) is 0 Å². The van der Waals surface area contributed by atoms with Crippen LogP contribution in [0, 0.1) is 0 Å². The van der Waals surface area contributed by atoms with E-state index in [1.54, 1.807) is 0 Å². The van der Waals surface area contributed by atoms with Crippen LogP contribution in [0.4, 0.5) is 4.32 Å². The topological polar surface area (TPSA) is 9.23 Å². The molecule has 3 heteroatoms. The van der Waals surface area contributed by atoms with E-state index in [2.05, 4.69) is 22.0 Å². The van der Waals surface area contributed by atoms with Gasteiger partial charge in [0.15, 0.2) is 0 Å². The monoisotopic (exact) mass is 146 g/mol. The summed E-state index contributed by atoms with van der Waals surface area (Å²) < 4.78 is 14.2. The van der Waals surface area contributed by atoms with Crippen LogP contribution in [0.25, 0.3) is 0 Å². The molecule has 0 aromatic rings. The fourth-order valence-electron chi connectivity index (χ4n) is 0.493. The zero-order valence-electron chi connectivity index (χ0n) is 6.90. The first-order valence-corrected chi connectivity index (χ1v) is 3.71. The predicted molar refractivity (Wildman–Crippen MR) is 42.9 cm³/mol. The van der Waals surface area contributed by atoms with E-state index in [0.29, 0.717) is 0 Å². The summed E-state index contributed by atoms with van der Waals surface area (Å²) in [5.41, 5.74) is 0. The molecule has 0 aromatic heterocycles. The SMILES string of the molecule is CCCCOCCC.[B]F. The van der Waals surface area contributed by atoms with Crippen LogP contribution in [0.2, 0.25) is 0 Å². The second kappa shape index (κ2) is 16.0. The van der Waals surface area contributed by atoms with Crippen molar-refractivity contribution in [2.24, 2.45) is 0 Å². The molecule has 2 radical (unpaired) electrons. The minimum atomic E-state index is 0.931. The highest BCUT2D eigenvalue weighted by Gasteiger charge is 1.81. The van der Waals surface area contributed by atoms with Crippen LogP contribution in [0.1, 0.15) is 33.1 Å². The van der Waals surface area contributed by atoms with Crippen LogP contribution >= 0.6 is 0 Å². The smallest absolute Gasteiger partial charge is 0.350 e. The van der Waals surface area contributed by atoms with Gasteiger partial charge in [-0.25, -0.2) is 0 Å². The predicted octanol–water partition coefficient (Wildman–Crippen LogP) is 2.25. The third kappa shape index (κ3) is 15.7. The van der Waals surface area contributed by atoms with Crippen LogP contribution in [0.3, 0.4) is 0 Å². The molecule has 0 aliphatic heterocycles. The highest BCUT2D eigenvalue weighted by atomic mass is 19.1. The Labute approximate surface area is 64.4 Å². The van der Waals surface area contributed by atoms with E-state index in [9.17, 15) is 0 Å². The number of hydrogen-bond donors (Lipinski definition) is 0. The first-order valence-electron chi connectivity index (χ1n) is 3.71. The van der Waals surface area contributed by atoms with Gasteiger partial charge in [-0.1, -0.05) is 20.3 Å². The molecule has 0 rings (SSSR count). The van der Waals surface area contributed by atoms with Crippen LogP contribution < -0.4 is 0 Å². The molecule has 0 aliphatic rings. The lowest BCUT2D eigenvalue weighted by molar-refractivity contribution is 0.132. The molecular weight excluding hydrogens is 130 g/mol. The average molecular weight is 146 g/mol. The maximum absolute atomic E-state index is 9.00. The molecule has 0 saturated carbocycles. The van der Waals surface area contributed by atoms with Crippen LogP contribution in [-0.2, 0) is 4.74 Å². The summed E-state index contributed by atoms with van der Waals surface area (Å²) in [5, 5.41) is 0. The highest BCUT2D eigenvalue weighted by molar-refractivity contribution is 5.96. The molecule has 0 aromatic carbocycles. The summed E-state index contributed by atoms with van der Waals surface area (Å²) in [5.74, 6) is 0. The van der Waals surface area contributed by atoms with E-state index in [4.69, 9.17) is 9.05 Å². The fourth-order valence-corrected chi connectivity index (χ4v) is 0.493. The summed E-state index contributed by atoms with van der Waals surface area (Å²) in [7, 11) is 3.00. The number of rotatable bonds is 5. The van der Waals surface area contributed by atoms with E-state index in [-0.39, 0.29) is 0 Å². The Morgan fingerprint density at radius 2 is 1.70 bits per heavy atom. The first kappa shape index (κ1) is 12.6. The molecule has 0 heterocycles. The van der Waals surface area contributed by atoms with Gasteiger partial charge in [0.25, 0.3) is 0 Å². The lowest BCUT2D eigenvalue weighted by Gasteiger charge is -1.97. The summed E-state index contributed by atoms with van der Waals surface area (Å²) in [6.45, 7) is 6.19. The second-order valence-electron chi connectivity index (χ2n) is 1.97. The van der Waals surface area contributed by atoms with Crippen molar-refractivity contribution < 1.29 is 9.05 Å². The van der Waals surface area contributed by atoms with Gasteiger partial charge in [-0.2, -0.15) is 0 Å². The summed E-state index contributed by atoms with van der Waals surface area (Å²) in [6, 6.07) is 0. The molecule has 0 N–H and O–H groups in total. The Morgan fingerprint density at radius 1 is 1.10 bits per heavy atom. The Bertz CT molecular complexity index is 38.6. The van der Waals surface area contributed by atoms with Gasteiger partial charge in [-0.15, -0.1) is 0 Å². The molecule has 0 unspecified atom stereocenters. The van der Waals surface area contributed by atoms with E-state index >= 15 is 0 Å². The van der Waals surface area contributed by atoms with Crippen molar-refractivity contribution in [2.75, 3.05) is 13.2 Å². The highest BCUT2D eigenvalue weighted by Crippen LogP contribution is 1.87. The van der Waals surface area contributed by atoms with Gasteiger partial charge >= 0.3 is 8.12 Å². The first-order chi connectivity index (χ1) is 4.91. The van der Waals surface area contributed by atoms with Crippen molar-refractivity contribution in [3.63, 3.8) is 0 Å². The zero-order valence-corrected chi connectivity index (χ0v) is 6.90. The van der Waals surface area contributed by atoms with Crippen LogP contribution in [0.15, 0.2) is 0 Å². The minimum absolute atomic E-state index is 0.931. The standard InChI is InChI=1S/C7H16O.BF/c1-3-5-7-8-6-4-2;1-2/h3-7H2,1-2H3;. The fraction of sp³-hybridized carbons (Fsp3) is 1.00. The lowest BCUT2D eigenvalue weighted by atomic mass is 10.4. The van der Waals surface area contributed by atoms with Gasteiger partial charge in [-0.05, 0) is 12.8 Å². The number of halogens is 1. The number of hydrogen-bond acceptors (Lipinski definition) is 1. The summed E-state index contributed by atoms with van der Waals surface area (Å²) in [4.78, 5) is 0. The Balaban J connectivity index is 0. The molecule has 10 heavy (non-hydrogen) atoms. The van der Waals surface area contributed by atoms with Gasteiger partial charge in [0.2, 0.25) is 0 Å². The Kier molecular flexibility index (Phi) is 20.2. The molecule has 60 valence electrons. The van der Waals surface area contributed by atoms with Gasteiger partial charge in [-0.3, -0.25) is 0 Å². The van der Waals surface area contributed by atoms with Crippen molar-refractivity contribution in [3.8, 4) is 0 Å². The van der Waals surface area contributed by atoms with E-state index < -0.39 is 0 Å². The van der Waals surface area contributed by atoms with Crippen LogP contribution in [0.5, 0.6) is 0 Å². The molecule has 0 spiro atoms. The maximum atomic E-state index is 9.00. The van der Waals surface area contributed by atoms with E-state index in [1.165, 1.54) is 12.8 Å². The van der Waals surface area contributed by atoms with Gasteiger partial charge in [0, 0.05) is 13.2 Å². The number of ether oxygens (including phenoxy) is 1. The van der Waals surface area contributed by atoms with Gasteiger partial charge in [0.1, 0.15) is 0 Å². The minimum Gasteiger partial charge on any atom is -0.381 e. The van der Waals surface area contributed by atoms with Crippen molar-refractivity contribution in [2.45, 2.75) is 33.1 Å². The van der Waals surface area contributed by atoms with E-state index in [1.807, 2.05) is 0 Å². The third-order valence-electron chi connectivity index (χ3n) is 0.991. The molecule has 0 saturated heterocycles. The zero-order chi connectivity index (χ0) is 8.24. The molecule has 0 amide bonds. The molecular formula is C7H16BFO. The molecule has 0 fully saturated rings. The van der Waals surface area contributed by atoms with E-state index in [0.717, 1.165) is 19.6 Å². The molecule has 1 nitrogen and oxygen atoms in total. The average Bonchev–Trinajstić information content (AvgIpc) is 2.02. The lowest BCUT2D eigenvalue weighted by Crippen LogP contribution is -1.93. The quantitative estimate of drug-likeness (QED) is 0.427. The third-order valence-corrected chi connectivity index (χ3v) is 0.991. The van der Waals surface area contributed by atoms with Crippen molar-refractivity contribution in [1.29, 1.82) is 0 Å². The summed E-state index contributed by atoms with van der Waals surface area (Å²) >= 11 is 0. The molecule has 0 atom stereocenters. The molecule has 0 aliphatic carbocycles. The van der Waals surface area contributed by atoms with Crippen molar-refractivity contribution in [3.05, 3.63) is 0 Å². The van der Waals surface area contributed by atoms with Crippen LogP contribution in [-0.4, -0.2) is 21.3 Å². The Hall–Kier alpha value is -0.0451. The Morgan fingerprint density at radius 3 is 2.10 bits per heavy atom. The number of unbranched alkanes of at least 4 members (excludes halogenated alkanes) is 1. The van der Waals surface area contributed by atoms with Gasteiger partial charge < -0.3 is 9.05 Å². The normalized spacial score (nSPS) is 8.30. The van der Waals surface area contributed by atoms with Crippen molar-refractivity contribution in [1.82, 2.24) is 0 Å².